The van der Waals surface area contributed by atoms with Gasteiger partial charge in [0.15, 0.2) is 0 Å². The molecule has 1 fully saturated rings. The molecule has 0 radical (unpaired) electrons. The highest BCUT2D eigenvalue weighted by molar-refractivity contribution is 6.09. The molecule has 1 aliphatic heterocycles. The van der Waals surface area contributed by atoms with Crippen LogP contribution in [0, 0.1) is 0 Å². The van der Waals surface area contributed by atoms with Gasteiger partial charge in [0.05, 0.1) is 18.4 Å². The fraction of sp³-hybridized carbons (Fsp3) is 0.286. The van der Waals surface area contributed by atoms with Crippen molar-refractivity contribution in [2.24, 2.45) is 0 Å². The predicted octanol–water partition coefficient (Wildman–Crippen LogP) is 3.35. The Bertz CT molecular complexity index is 857. The summed E-state index contributed by atoms with van der Waals surface area (Å²) in [5.74, 6) is -0.973. The standard InChI is InChI=1S/C21H22N2O4/c1-27-21(26)17-10-3-4-11-18(17)22-19(24)15-8-7-9-16(14-15)20(25)23-12-5-2-6-13-23/h3-4,7-11,14H,2,5-6,12-13H2,1H3,(H,22,24). The number of anilines is 1. The van der Waals surface area contributed by atoms with Crippen molar-refractivity contribution in [2.75, 3.05) is 25.5 Å². The topological polar surface area (TPSA) is 75.7 Å². The smallest absolute Gasteiger partial charge is 0.339 e. The van der Waals surface area contributed by atoms with Gasteiger partial charge in [-0.1, -0.05) is 18.2 Å². The molecule has 0 atom stereocenters. The van der Waals surface area contributed by atoms with Crippen molar-refractivity contribution in [3.8, 4) is 0 Å². The number of carbonyl (C=O) groups is 3. The Morgan fingerprint density at radius 3 is 2.37 bits per heavy atom. The highest BCUT2D eigenvalue weighted by Crippen LogP contribution is 2.18. The maximum absolute atomic E-state index is 12.6. The number of amides is 2. The zero-order valence-electron chi connectivity index (χ0n) is 15.2. The van der Waals surface area contributed by atoms with Crippen LogP contribution in [0.15, 0.2) is 48.5 Å². The minimum absolute atomic E-state index is 0.0562. The summed E-state index contributed by atoms with van der Waals surface area (Å²) in [4.78, 5) is 39.0. The van der Waals surface area contributed by atoms with E-state index in [1.165, 1.54) is 7.11 Å². The molecule has 3 rings (SSSR count). The van der Waals surface area contributed by atoms with Gasteiger partial charge in [0.25, 0.3) is 11.8 Å². The van der Waals surface area contributed by atoms with Gasteiger partial charge in [-0.3, -0.25) is 9.59 Å². The van der Waals surface area contributed by atoms with Crippen molar-refractivity contribution < 1.29 is 19.1 Å². The third-order valence-electron chi connectivity index (χ3n) is 4.60. The molecule has 0 aliphatic carbocycles. The number of rotatable bonds is 4. The Morgan fingerprint density at radius 2 is 1.63 bits per heavy atom. The molecule has 1 saturated heterocycles. The lowest BCUT2D eigenvalue weighted by atomic mass is 10.1. The number of nitrogens with one attached hydrogen (secondary N) is 1. The van der Waals surface area contributed by atoms with E-state index in [1.807, 2.05) is 4.90 Å². The first-order valence-corrected chi connectivity index (χ1v) is 8.98. The second kappa shape index (κ2) is 8.49. The maximum atomic E-state index is 12.6. The Hall–Kier alpha value is -3.15. The number of piperidine rings is 1. The van der Waals surface area contributed by atoms with Crippen molar-refractivity contribution in [3.63, 3.8) is 0 Å². The van der Waals surface area contributed by atoms with E-state index in [4.69, 9.17) is 4.74 Å². The Kier molecular flexibility index (Phi) is 5.86. The average Bonchev–Trinajstić information content (AvgIpc) is 2.73. The molecule has 0 unspecified atom stereocenters. The molecule has 0 aromatic heterocycles. The van der Waals surface area contributed by atoms with E-state index in [2.05, 4.69) is 5.32 Å². The van der Waals surface area contributed by atoms with Gasteiger partial charge in [-0.2, -0.15) is 0 Å². The Labute approximate surface area is 158 Å². The first-order valence-electron chi connectivity index (χ1n) is 8.98. The largest absolute Gasteiger partial charge is 0.465 e. The number of carbonyl (C=O) groups excluding carboxylic acids is 3. The third kappa shape index (κ3) is 4.34. The number of hydrogen-bond acceptors (Lipinski definition) is 4. The highest BCUT2D eigenvalue weighted by Gasteiger charge is 2.20. The summed E-state index contributed by atoms with van der Waals surface area (Å²) >= 11 is 0. The fourth-order valence-corrected chi connectivity index (χ4v) is 3.15. The molecule has 0 saturated carbocycles. The quantitative estimate of drug-likeness (QED) is 0.842. The lowest BCUT2D eigenvalue weighted by Gasteiger charge is -2.26. The monoisotopic (exact) mass is 366 g/mol. The van der Waals surface area contributed by atoms with E-state index in [0.29, 0.717) is 16.8 Å². The summed E-state index contributed by atoms with van der Waals surface area (Å²) in [7, 11) is 1.29. The minimum atomic E-state index is -0.528. The maximum Gasteiger partial charge on any atom is 0.339 e. The van der Waals surface area contributed by atoms with E-state index in [-0.39, 0.29) is 17.4 Å². The number of benzene rings is 2. The van der Waals surface area contributed by atoms with Gasteiger partial charge >= 0.3 is 5.97 Å². The second-order valence-electron chi connectivity index (χ2n) is 6.42. The van der Waals surface area contributed by atoms with Crippen molar-refractivity contribution in [2.45, 2.75) is 19.3 Å². The first-order chi connectivity index (χ1) is 13.1. The van der Waals surface area contributed by atoms with Crippen LogP contribution < -0.4 is 5.32 Å². The van der Waals surface area contributed by atoms with Gasteiger partial charge < -0.3 is 15.0 Å². The lowest BCUT2D eigenvalue weighted by Crippen LogP contribution is -2.35. The van der Waals surface area contributed by atoms with E-state index >= 15 is 0 Å². The van der Waals surface area contributed by atoms with Crippen molar-refractivity contribution in [3.05, 3.63) is 65.2 Å². The second-order valence-corrected chi connectivity index (χ2v) is 6.42. The molecule has 27 heavy (non-hydrogen) atoms. The normalized spacial score (nSPS) is 13.7. The molecule has 2 amide bonds. The van der Waals surface area contributed by atoms with Crippen LogP contribution >= 0.6 is 0 Å². The van der Waals surface area contributed by atoms with Crippen LogP contribution in [0.25, 0.3) is 0 Å². The van der Waals surface area contributed by atoms with Gasteiger partial charge in [0, 0.05) is 24.2 Å². The number of hydrogen-bond donors (Lipinski definition) is 1. The van der Waals surface area contributed by atoms with E-state index in [1.54, 1.807) is 48.5 Å². The summed E-state index contributed by atoms with van der Waals surface area (Å²) in [6.45, 7) is 1.50. The number of para-hydroxylation sites is 1. The van der Waals surface area contributed by atoms with Crippen LogP contribution in [-0.4, -0.2) is 42.9 Å². The summed E-state index contributed by atoms with van der Waals surface area (Å²) < 4.78 is 4.74. The zero-order valence-corrected chi connectivity index (χ0v) is 15.2. The van der Waals surface area contributed by atoms with Crippen LogP contribution in [0.4, 0.5) is 5.69 Å². The third-order valence-corrected chi connectivity index (χ3v) is 4.60. The lowest BCUT2D eigenvalue weighted by molar-refractivity contribution is 0.0601. The Morgan fingerprint density at radius 1 is 0.926 bits per heavy atom. The van der Waals surface area contributed by atoms with Crippen molar-refractivity contribution >= 4 is 23.5 Å². The molecule has 6 heteroatoms. The highest BCUT2D eigenvalue weighted by atomic mass is 16.5. The number of nitrogens with zero attached hydrogens (tertiary/aromatic N) is 1. The van der Waals surface area contributed by atoms with Gasteiger partial charge in [0.2, 0.25) is 0 Å². The molecule has 6 nitrogen and oxygen atoms in total. The van der Waals surface area contributed by atoms with Gasteiger partial charge in [0.1, 0.15) is 0 Å². The van der Waals surface area contributed by atoms with Crippen LogP contribution in [-0.2, 0) is 4.74 Å². The molecule has 1 aliphatic rings. The van der Waals surface area contributed by atoms with Gasteiger partial charge in [-0.05, 0) is 49.6 Å². The molecular formula is C21H22N2O4. The van der Waals surface area contributed by atoms with Crippen LogP contribution in [0.5, 0.6) is 0 Å². The zero-order chi connectivity index (χ0) is 19.2. The van der Waals surface area contributed by atoms with Crippen LogP contribution in [0.1, 0.15) is 50.3 Å². The number of methoxy groups -OCH3 is 1. The summed E-state index contributed by atoms with van der Waals surface area (Å²) in [6.07, 6.45) is 3.16. The average molecular weight is 366 g/mol. The molecule has 0 bridgehead atoms. The van der Waals surface area contributed by atoms with E-state index in [0.717, 1.165) is 32.4 Å². The molecule has 0 spiro atoms. The molecule has 1 N–H and O–H groups in total. The van der Waals surface area contributed by atoms with E-state index in [9.17, 15) is 14.4 Å². The fourth-order valence-electron chi connectivity index (χ4n) is 3.15. The molecule has 1 heterocycles. The van der Waals surface area contributed by atoms with Crippen molar-refractivity contribution in [1.29, 1.82) is 0 Å². The van der Waals surface area contributed by atoms with Crippen molar-refractivity contribution in [1.82, 2.24) is 4.90 Å². The minimum Gasteiger partial charge on any atom is -0.465 e. The summed E-state index contributed by atoms with van der Waals surface area (Å²) in [5.41, 5.74) is 1.49. The van der Waals surface area contributed by atoms with Crippen LogP contribution in [0.3, 0.4) is 0 Å². The predicted molar refractivity (Wildman–Crippen MR) is 102 cm³/mol. The molecule has 2 aromatic rings. The molecule has 140 valence electrons. The number of esters is 1. The number of ether oxygens (including phenoxy) is 1. The first kappa shape index (κ1) is 18.6. The number of likely N-dealkylation sites (tertiary alicyclic amines) is 1. The molecule has 2 aromatic carbocycles. The Balaban J connectivity index is 1.78. The van der Waals surface area contributed by atoms with E-state index < -0.39 is 5.97 Å². The van der Waals surface area contributed by atoms with Gasteiger partial charge in [-0.25, -0.2) is 4.79 Å². The van der Waals surface area contributed by atoms with Gasteiger partial charge in [-0.15, -0.1) is 0 Å². The summed E-state index contributed by atoms with van der Waals surface area (Å²) in [5, 5.41) is 2.72. The SMILES string of the molecule is COC(=O)c1ccccc1NC(=O)c1cccc(C(=O)N2CCCCC2)c1. The van der Waals surface area contributed by atoms with Crippen LogP contribution in [0.2, 0.25) is 0 Å². The summed E-state index contributed by atoms with van der Waals surface area (Å²) in [6, 6.07) is 13.3. The molecular weight excluding hydrogens is 344 g/mol.